The Balaban J connectivity index is 2.04. The zero-order valence-electron chi connectivity index (χ0n) is 13.9. The Kier molecular flexibility index (Phi) is 4.92. The Hall–Kier alpha value is -2.25. The van der Waals surface area contributed by atoms with Crippen molar-refractivity contribution in [2.75, 3.05) is 18.5 Å². The molecule has 0 radical (unpaired) electrons. The van der Waals surface area contributed by atoms with E-state index in [9.17, 15) is 0 Å². The van der Waals surface area contributed by atoms with Gasteiger partial charge in [-0.15, -0.1) is 0 Å². The highest BCUT2D eigenvalue weighted by molar-refractivity contribution is 6.28. The molecule has 0 saturated heterocycles. The smallest absolute Gasteiger partial charge is 0.225 e. The first-order valence-electron chi connectivity index (χ1n) is 7.77. The van der Waals surface area contributed by atoms with Crippen LogP contribution in [-0.4, -0.2) is 37.9 Å². The molecule has 8 heteroatoms. The molecule has 126 valence electrons. The van der Waals surface area contributed by atoms with Crippen molar-refractivity contribution in [1.29, 1.82) is 0 Å². The van der Waals surface area contributed by atoms with Crippen LogP contribution in [0.2, 0.25) is 5.28 Å². The van der Waals surface area contributed by atoms with E-state index in [2.05, 4.69) is 25.4 Å². The lowest BCUT2D eigenvalue weighted by molar-refractivity contribution is 0.137. The highest BCUT2D eigenvalue weighted by Gasteiger charge is 2.16. The summed E-state index contributed by atoms with van der Waals surface area (Å²) in [5, 5.41) is 7.93. The second kappa shape index (κ2) is 7.11. The van der Waals surface area contributed by atoms with E-state index >= 15 is 0 Å². The predicted octanol–water partition coefficient (Wildman–Crippen LogP) is 3.27. The zero-order chi connectivity index (χ0) is 17.1. The number of anilines is 2. The highest BCUT2D eigenvalue weighted by atomic mass is 35.5. The van der Waals surface area contributed by atoms with Crippen LogP contribution in [0.3, 0.4) is 0 Å². The summed E-state index contributed by atoms with van der Waals surface area (Å²) in [4.78, 5) is 13.1. The van der Waals surface area contributed by atoms with Gasteiger partial charge in [0.05, 0.1) is 18.8 Å². The SMILES string of the molecule is CCOCCn1nc(C)c2nc(Cl)nc(Nc3cccc(C)n3)c21. The van der Waals surface area contributed by atoms with Crippen molar-refractivity contribution >= 4 is 34.3 Å². The molecule has 0 fully saturated rings. The third-order valence-electron chi connectivity index (χ3n) is 3.51. The number of halogens is 1. The molecule has 3 rings (SSSR count). The minimum Gasteiger partial charge on any atom is -0.380 e. The lowest BCUT2D eigenvalue weighted by atomic mass is 10.3. The van der Waals surface area contributed by atoms with E-state index in [1.807, 2.05) is 43.7 Å². The zero-order valence-corrected chi connectivity index (χ0v) is 14.6. The molecule has 0 aliphatic heterocycles. The molecule has 0 spiro atoms. The topological polar surface area (TPSA) is 77.8 Å². The summed E-state index contributed by atoms with van der Waals surface area (Å²) < 4.78 is 7.27. The number of ether oxygens (including phenoxy) is 1. The van der Waals surface area contributed by atoms with Gasteiger partial charge >= 0.3 is 0 Å². The Morgan fingerprint density at radius 2 is 2.04 bits per heavy atom. The molecule has 0 bridgehead atoms. The van der Waals surface area contributed by atoms with E-state index < -0.39 is 0 Å². The van der Waals surface area contributed by atoms with Crippen LogP contribution < -0.4 is 5.32 Å². The van der Waals surface area contributed by atoms with Gasteiger partial charge in [-0.2, -0.15) is 10.1 Å². The molecule has 0 aliphatic rings. The Morgan fingerprint density at radius 3 is 2.79 bits per heavy atom. The third kappa shape index (κ3) is 3.47. The van der Waals surface area contributed by atoms with E-state index in [1.165, 1.54) is 0 Å². The maximum absolute atomic E-state index is 6.08. The summed E-state index contributed by atoms with van der Waals surface area (Å²) >= 11 is 6.08. The largest absolute Gasteiger partial charge is 0.380 e. The number of pyridine rings is 1. The standard InChI is InChI=1S/C16H19ClN6O/c1-4-24-9-8-23-14-13(11(3)22-23)20-16(17)21-15(14)19-12-7-5-6-10(2)18-12/h5-7H,4,8-9H2,1-3H3,(H,18,19,20,21). The Bertz CT molecular complexity index is 863. The average Bonchev–Trinajstić information content (AvgIpc) is 2.84. The Labute approximate surface area is 145 Å². The van der Waals surface area contributed by atoms with Crippen LogP contribution in [0.1, 0.15) is 18.3 Å². The quantitative estimate of drug-likeness (QED) is 0.545. The number of nitrogens with zero attached hydrogens (tertiary/aromatic N) is 5. The first kappa shape index (κ1) is 16.6. The van der Waals surface area contributed by atoms with Crippen LogP contribution in [0.25, 0.3) is 11.0 Å². The second-order valence-corrected chi connectivity index (χ2v) is 5.67. The normalized spacial score (nSPS) is 11.2. The van der Waals surface area contributed by atoms with Gasteiger partial charge in [-0.05, 0) is 44.5 Å². The van der Waals surface area contributed by atoms with Crippen molar-refractivity contribution in [3.8, 4) is 0 Å². The maximum Gasteiger partial charge on any atom is 0.225 e. The third-order valence-corrected chi connectivity index (χ3v) is 3.68. The summed E-state index contributed by atoms with van der Waals surface area (Å²) in [5.74, 6) is 1.28. The number of aryl methyl sites for hydroxylation is 2. The first-order chi connectivity index (χ1) is 11.6. The number of fused-ring (bicyclic) bond motifs is 1. The predicted molar refractivity (Wildman–Crippen MR) is 93.8 cm³/mol. The summed E-state index contributed by atoms with van der Waals surface area (Å²) in [7, 11) is 0. The van der Waals surface area contributed by atoms with Crippen molar-refractivity contribution < 1.29 is 4.74 Å². The summed E-state index contributed by atoms with van der Waals surface area (Å²) in [6.45, 7) is 7.64. The molecule has 0 aliphatic carbocycles. The molecule has 0 atom stereocenters. The molecule has 3 aromatic rings. The van der Waals surface area contributed by atoms with Crippen LogP contribution in [0, 0.1) is 13.8 Å². The van der Waals surface area contributed by atoms with Gasteiger partial charge in [0, 0.05) is 12.3 Å². The fourth-order valence-corrected chi connectivity index (χ4v) is 2.65. The summed E-state index contributed by atoms with van der Waals surface area (Å²) in [5.41, 5.74) is 3.23. The van der Waals surface area contributed by atoms with Gasteiger partial charge in [0.2, 0.25) is 5.28 Å². The number of aromatic nitrogens is 5. The molecule has 1 N–H and O–H groups in total. The summed E-state index contributed by atoms with van der Waals surface area (Å²) in [6.07, 6.45) is 0. The van der Waals surface area contributed by atoms with E-state index in [0.29, 0.717) is 31.4 Å². The lowest BCUT2D eigenvalue weighted by Crippen LogP contribution is -2.09. The molecule has 0 aromatic carbocycles. The second-order valence-electron chi connectivity index (χ2n) is 5.33. The lowest BCUT2D eigenvalue weighted by Gasteiger charge is -2.10. The minimum atomic E-state index is 0.171. The maximum atomic E-state index is 6.08. The van der Waals surface area contributed by atoms with Crippen LogP contribution in [0.4, 0.5) is 11.6 Å². The van der Waals surface area contributed by atoms with Crippen molar-refractivity contribution in [2.24, 2.45) is 0 Å². The van der Waals surface area contributed by atoms with Gasteiger partial charge < -0.3 is 10.1 Å². The van der Waals surface area contributed by atoms with Gasteiger partial charge in [0.25, 0.3) is 0 Å². The van der Waals surface area contributed by atoms with E-state index in [-0.39, 0.29) is 5.28 Å². The average molecular weight is 347 g/mol. The van der Waals surface area contributed by atoms with Gasteiger partial charge in [0.15, 0.2) is 5.82 Å². The minimum absolute atomic E-state index is 0.171. The Morgan fingerprint density at radius 1 is 1.21 bits per heavy atom. The van der Waals surface area contributed by atoms with Crippen LogP contribution in [0.15, 0.2) is 18.2 Å². The van der Waals surface area contributed by atoms with Gasteiger partial charge in [-0.1, -0.05) is 6.07 Å². The van der Waals surface area contributed by atoms with E-state index in [4.69, 9.17) is 16.3 Å². The van der Waals surface area contributed by atoms with E-state index in [1.54, 1.807) is 0 Å². The molecule has 7 nitrogen and oxygen atoms in total. The molecule has 3 heterocycles. The van der Waals surface area contributed by atoms with Crippen molar-refractivity contribution in [3.63, 3.8) is 0 Å². The van der Waals surface area contributed by atoms with Gasteiger partial charge in [-0.25, -0.2) is 9.97 Å². The van der Waals surface area contributed by atoms with Gasteiger partial charge in [-0.3, -0.25) is 4.68 Å². The van der Waals surface area contributed by atoms with E-state index in [0.717, 1.165) is 22.4 Å². The molecular weight excluding hydrogens is 328 g/mol. The molecule has 0 amide bonds. The van der Waals surface area contributed by atoms with Crippen molar-refractivity contribution in [2.45, 2.75) is 27.3 Å². The first-order valence-corrected chi connectivity index (χ1v) is 8.15. The number of nitrogens with one attached hydrogen (secondary N) is 1. The molecule has 3 aromatic heterocycles. The number of hydrogen-bond acceptors (Lipinski definition) is 6. The molecule has 0 unspecified atom stereocenters. The fraction of sp³-hybridized carbons (Fsp3) is 0.375. The van der Waals surface area contributed by atoms with Crippen molar-refractivity contribution in [3.05, 3.63) is 34.9 Å². The van der Waals surface area contributed by atoms with Crippen LogP contribution >= 0.6 is 11.6 Å². The molecule has 0 saturated carbocycles. The molecule has 24 heavy (non-hydrogen) atoms. The van der Waals surface area contributed by atoms with Crippen LogP contribution in [0.5, 0.6) is 0 Å². The number of rotatable bonds is 6. The van der Waals surface area contributed by atoms with Gasteiger partial charge in [0.1, 0.15) is 16.9 Å². The molecular formula is C16H19ClN6O. The monoisotopic (exact) mass is 346 g/mol. The highest BCUT2D eigenvalue weighted by Crippen LogP contribution is 2.26. The summed E-state index contributed by atoms with van der Waals surface area (Å²) in [6, 6.07) is 5.75. The number of hydrogen-bond donors (Lipinski definition) is 1. The van der Waals surface area contributed by atoms with Crippen molar-refractivity contribution in [1.82, 2.24) is 24.7 Å². The fourth-order valence-electron chi connectivity index (χ4n) is 2.48. The van der Waals surface area contributed by atoms with Crippen LogP contribution in [-0.2, 0) is 11.3 Å².